The number of carbonyl (C=O) groups is 1. The number of rotatable bonds is 6. The van der Waals surface area contributed by atoms with Gasteiger partial charge in [0.2, 0.25) is 23.6 Å². The normalized spacial score (nSPS) is 14.4. The van der Waals surface area contributed by atoms with Gasteiger partial charge in [0, 0.05) is 43.2 Å². The van der Waals surface area contributed by atoms with Crippen molar-refractivity contribution >= 4 is 41.5 Å². The second kappa shape index (κ2) is 11.6. The predicted molar refractivity (Wildman–Crippen MR) is 122 cm³/mol. The van der Waals surface area contributed by atoms with Gasteiger partial charge in [-0.15, -0.1) is 12.8 Å². The number of halogens is 1. The molecular weight excluding hydrogens is 432 g/mol. The maximum Gasteiger partial charge on any atom is 0.234 e. The van der Waals surface area contributed by atoms with Gasteiger partial charge >= 0.3 is 0 Å². The van der Waals surface area contributed by atoms with E-state index in [1.807, 2.05) is 6.07 Å². The minimum Gasteiger partial charge on any atom is -0.341 e. The first kappa shape index (κ1) is 22.9. The van der Waals surface area contributed by atoms with Crippen LogP contribution >= 0.6 is 11.6 Å². The topological polar surface area (TPSA) is 138 Å². The van der Waals surface area contributed by atoms with Crippen LogP contribution in [0.1, 0.15) is 37.3 Å². The number of nitrogens with one attached hydrogen (secondary N) is 3. The second-order valence-electron chi connectivity index (χ2n) is 6.88. The average molecular weight is 455 g/mol. The van der Waals surface area contributed by atoms with Gasteiger partial charge in [0.1, 0.15) is 0 Å². The Morgan fingerprint density at radius 2 is 1.91 bits per heavy atom. The summed E-state index contributed by atoms with van der Waals surface area (Å²) >= 11 is 6.00. The lowest BCUT2D eigenvalue weighted by Crippen LogP contribution is -2.21. The second-order valence-corrected chi connectivity index (χ2v) is 7.22. The molecule has 32 heavy (non-hydrogen) atoms. The van der Waals surface area contributed by atoms with Crippen molar-refractivity contribution in [1.82, 2.24) is 35.1 Å². The Balaban J connectivity index is 0.000000222. The molecule has 5 rings (SSSR count). The third-order valence-electron chi connectivity index (χ3n) is 4.61. The van der Waals surface area contributed by atoms with E-state index in [0.29, 0.717) is 35.9 Å². The summed E-state index contributed by atoms with van der Waals surface area (Å²) in [7, 11) is 0. The van der Waals surface area contributed by atoms with Crippen molar-refractivity contribution in [3.05, 3.63) is 35.6 Å². The molecule has 2 aliphatic rings. The van der Waals surface area contributed by atoms with E-state index in [4.69, 9.17) is 11.6 Å². The third kappa shape index (κ3) is 6.61. The summed E-state index contributed by atoms with van der Waals surface area (Å²) < 4.78 is 0. The fraction of sp³-hybridized carbons (Fsp3) is 0.350. The molecule has 3 aromatic heterocycles. The summed E-state index contributed by atoms with van der Waals surface area (Å²) in [5, 5.41) is 12.9. The number of H-pyrrole nitrogens is 1. The van der Waals surface area contributed by atoms with Crippen LogP contribution in [0.5, 0.6) is 0 Å². The molecule has 166 valence electrons. The Bertz CT molecular complexity index is 1020. The molecule has 0 aromatic carbocycles. The molecule has 0 unspecified atom stereocenters. The number of amides is 1. The van der Waals surface area contributed by atoms with Crippen LogP contribution in [-0.2, 0) is 4.79 Å². The highest BCUT2D eigenvalue weighted by Crippen LogP contribution is 2.39. The van der Waals surface area contributed by atoms with Crippen LogP contribution in [0.3, 0.4) is 0 Å². The molecule has 3 aromatic rings. The lowest BCUT2D eigenvalue weighted by molar-refractivity contribution is -0.105. The third-order valence-corrected chi connectivity index (χ3v) is 4.78. The summed E-state index contributed by atoms with van der Waals surface area (Å²) in [4.78, 5) is 32.2. The minimum atomic E-state index is 0.201. The predicted octanol–water partition coefficient (Wildman–Crippen LogP) is 2.76. The molecule has 1 amide bonds. The first-order valence-electron chi connectivity index (χ1n) is 9.99. The van der Waals surface area contributed by atoms with E-state index in [1.54, 1.807) is 0 Å². The number of anilines is 4. The van der Waals surface area contributed by atoms with Crippen molar-refractivity contribution in [3.8, 4) is 12.8 Å². The molecule has 1 saturated carbocycles. The Morgan fingerprint density at radius 3 is 2.56 bits per heavy atom. The van der Waals surface area contributed by atoms with Crippen molar-refractivity contribution in [2.75, 3.05) is 28.6 Å². The van der Waals surface area contributed by atoms with Gasteiger partial charge in [-0.05, 0) is 37.3 Å². The van der Waals surface area contributed by atoms with Gasteiger partial charge in [0.05, 0.1) is 6.20 Å². The number of hydrogen-bond donors (Lipinski definition) is 3. The number of aromatic amines is 1. The summed E-state index contributed by atoms with van der Waals surface area (Å²) in [6.07, 6.45) is 17.9. The highest BCUT2D eigenvalue weighted by molar-refractivity contribution is 6.28. The first-order chi connectivity index (χ1) is 15.7. The molecule has 1 aliphatic carbocycles. The minimum absolute atomic E-state index is 0.201. The Hall–Kier alpha value is -3.78. The van der Waals surface area contributed by atoms with E-state index in [1.165, 1.54) is 31.4 Å². The molecule has 1 aliphatic heterocycles. The molecule has 0 atom stereocenters. The van der Waals surface area contributed by atoms with Crippen LogP contribution in [0.25, 0.3) is 0 Å². The van der Waals surface area contributed by atoms with Crippen LogP contribution in [0.2, 0.25) is 5.28 Å². The smallest absolute Gasteiger partial charge is 0.234 e. The maximum absolute atomic E-state index is 9.80. The van der Waals surface area contributed by atoms with Crippen LogP contribution in [-0.4, -0.2) is 54.6 Å². The van der Waals surface area contributed by atoms with Crippen molar-refractivity contribution in [1.29, 1.82) is 0 Å². The molecule has 11 nitrogen and oxygen atoms in total. The van der Waals surface area contributed by atoms with Crippen LogP contribution in [0.4, 0.5) is 23.5 Å². The van der Waals surface area contributed by atoms with Crippen LogP contribution < -0.4 is 15.5 Å². The van der Waals surface area contributed by atoms with E-state index in [9.17, 15) is 4.79 Å². The SMILES string of the molecule is C#C.Clc1nc(Nc2cc(C3CC3)[nH]n2)nc(N2CCCC2)n1.O=CNc1cnccn1. The molecule has 0 spiro atoms. The van der Waals surface area contributed by atoms with Crippen LogP contribution in [0, 0.1) is 12.8 Å². The largest absolute Gasteiger partial charge is 0.341 e. The van der Waals surface area contributed by atoms with Gasteiger partial charge < -0.3 is 15.5 Å². The zero-order valence-corrected chi connectivity index (χ0v) is 18.0. The van der Waals surface area contributed by atoms with Crippen molar-refractivity contribution in [2.45, 2.75) is 31.6 Å². The fourth-order valence-electron chi connectivity index (χ4n) is 3.01. The molecule has 0 radical (unpaired) electrons. The van der Waals surface area contributed by atoms with Gasteiger partial charge in [0.15, 0.2) is 11.6 Å². The maximum atomic E-state index is 9.80. The van der Waals surface area contributed by atoms with Gasteiger partial charge in [-0.25, -0.2) is 4.98 Å². The van der Waals surface area contributed by atoms with Crippen molar-refractivity contribution in [3.63, 3.8) is 0 Å². The van der Waals surface area contributed by atoms with Gasteiger partial charge in [0.25, 0.3) is 0 Å². The summed E-state index contributed by atoms with van der Waals surface area (Å²) in [6.45, 7) is 1.93. The van der Waals surface area contributed by atoms with Crippen LogP contribution in [0.15, 0.2) is 24.7 Å². The summed E-state index contributed by atoms with van der Waals surface area (Å²) in [6, 6.07) is 2.00. The zero-order chi connectivity index (χ0) is 22.8. The van der Waals surface area contributed by atoms with E-state index in [-0.39, 0.29) is 5.28 Å². The zero-order valence-electron chi connectivity index (χ0n) is 17.3. The highest BCUT2D eigenvalue weighted by atomic mass is 35.5. The molecule has 12 heteroatoms. The Morgan fingerprint density at radius 1 is 1.12 bits per heavy atom. The Kier molecular flexibility index (Phi) is 8.28. The standard InChI is InChI=1S/C13H16ClN7.C5H5N3O.C2H2/c14-11-16-12(18-13(17-11)21-5-1-2-6-21)15-10-7-9(19-20-10)8-3-4-8;9-4-8-5-3-6-1-2-7-5;1-2/h7-8H,1-6H2,(H2,15,16,17,18,19,20);1-4H,(H,7,8,9);1-2H. The number of aromatic nitrogens is 7. The number of terminal acetylenes is 1. The number of hydrogen-bond acceptors (Lipinski definition) is 9. The first-order valence-corrected chi connectivity index (χ1v) is 10.4. The average Bonchev–Trinajstić information content (AvgIpc) is 3.31. The molecular formula is C20H23ClN10O. The van der Waals surface area contributed by atoms with E-state index in [2.05, 4.69) is 63.5 Å². The van der Waals surface area contributed by atoms with Gasteiger partial charge in [-0.2, -0.15) is 20.1 Å². The Labute approximate surface area is 190 Å². The van der Waals surface area contributed by atoms with E-state index < -0.39 is 0 Å². The highest BCUT2D eigenvalue weighted by Gasteiger charge is 2.25. The summed E-state index contributed by atoms with van der Waals surface area (Å²) in [5.74, 6) is 2.88. The van der Waals surface area contributed by atoms with E-state index >= 15 is 0 Å². The fourth-order valence-corrected chi connectivity index (χ4v) is 3.16. The lowest BCUT2D eigenvalue weighted by atomic mass is 10.3. The van der Waals surface area contributed by atoms with Crippen molar-refractivity contribution in [2.24, 2.45) is 0 Å². The number of nitrogens with zero attached hydrogens (tertiary/aromatic N) is 7. The van der Waals surface area contributed by atoms with Gasteiger partial charge in [-0.3, -0.25) is 14.9 Å². The lowest BCUT2D eigenvalue weighted by Gasteiger charge is -2.15. The molecule has 0 bridgehead atoms. The quantitative estimate of drug-likeness (QED) is 0.379. The monoisotopic (exact) mass is 454 g/mol. The molecule has 3 N–H and O–H groups in total. The molecule has 1 saturated heterocycles. The molecule has 4 heterocycles. The number of carbonyl (C=O) groups excluding carboxylic acids is 1. The molecule has 2 fully saturated rings. The van der Waals surface area contributed by atoms with Gasteiger partial charge in [-0.1, -0.05) is 0 Å². The summed E-state index contributed by atoms with van der Waals surface area (Å²) in [5.41, 5.74) is 1.16. The van der Waals surface area contributed by atoms with E-state index in [0.717, 1.165) is 31.6 Å². The van der Waals surface area contributed by atoms with Crippen molar-refractivity contribution < 1.29 is 4.79 Å².